The van der Waals surface area contributed by atoms with E-state index in [4.69, 9.17) is 0 Å². The lowest BCUT2D eigenvalue weighted by molar-refractivity contribution is -0.139. The maximum atomic E-state index is 14.1. The summed E-state index contributed by atoms with van der Waals surface area (Å²) in [5.74, 6) is -0.827. The first-order chi connectivity index (χ1) is 18.4. The van der Waals surface area contributed by atoms with E-state index in [0.717, 1.165) is 29.8 Å². The van der Waals surface area contributed by atoms with Gasteiger partial charge in [0.15, 0.2) is 0 Å². The number of rotatable bonds is 11. The van der Waals surface area contributed by atoms with Crippen molar-refractivity contribution in [1.82, 2.24) is 14.5 Å². The summed E-state index contributed by atoms with van der Waals surface area (Å²) in [6.45, 7) is 3.33. The van der Waals surface area contributed by atoms with Gasteiger partial charge < -0.3 is 10.2 Å². The van der Waals surface area contributed by atoms with E-state index in [1.807, 2.05) is 73.7 Å². The molecule has 208 valence electrons. The minimum atomic E-state index is -4.04. The van der Waals surface area contributed by atoms with Crippen molar-refractivity contribution in [3.8, 4) is 0 Å². The summed E-state index contributed by atoms with van der Waals surface area (Å²) in [6, 6.07) is 21.5. The van der Waals surface area contributed by atoms with Crippen LogP contribution in [-0.4, -0.2) is 63.2 Å². The van der Waals surface area contributed by atoms with Crippen molar-refractivity contribution in [1.29, 1.82) is 0 Å². The third-order valence-corrected chi connectivity index (χ3v) is 8.77. The summed E-state index contributed by atoms with van der Waals surface area (Å²) in [4.78, 5) is 28.8. The molecule has 8 nitrogen and oxygen atoms in total. The molecule has 0 fully saturated rings. The van der Waals surface area contributed by atoms with Crippen molar-refractivity contribution < 1.29 is 18.0 Å². The molecule has 2 amide bonds. The smallest absolute Gasteiger partial charge is 0.304 e. The summed E-state index contributed by atoms with van der Waals surface area (Å²) in [5.41, 5.74) is 3.68. The lowest BCUT2D eigenvalue weighted by atomic mass is 10.0. The van der Waals surface area contributed by atoms with Crippen LogP contribution in [0.2, 0.25) is 0 Å². The van der Waals surface area contributed by atoms with Gasteiger partial charge in [0, 0.05) is 38.6 Å². The number of hydrogen-bond acceptors (Lipinski definition) is 4. The van der Waals surface area contributed by atoms with Gasteiger partial charge in [-0.25, -0.2) is 4.31 Å². The SMILES string of the molecule is CNC(=O)[C@H](Cc1ccccc1)N(Cc1ccc(Br)cc1)C(=O)CN(c1cc(C)ccc1C)S(=O)(=O)N(C)C. The molecule has 0 aromatic heterocycles. The van der Waals surface area contributed by atoms with Gasteiger partial charge in [0.1, 0.15) is 12.6 Å². The highest BCUT2D eigenvalue weighted by Gasteiger charge is 2.34. The van der Waals surface area contributed by atoms with E-state index < -0.39 is 28.7 Å². The van der Waals surface area contributed by atoms with Crippen LogP contribution in [0.5, 0.6) is 0 Å². The van der Waals surface area contributed by atoms with Crippen LogP contribution < -0.4 is 9.62 Å². The fourth-order valence-corrected chi connectivity index (χ4v) is 5.57. The molecule has 0 radical (unpaired) electrons. The van der Waals surface area contributed by atoms with E-state index in [1.165, 1.54) is 26.0 Å². The average molecular weight is 616 g/mol. The van der Waals surface area contributed by atoms with Crippen LogP contribution in [0.25, 0.3) is 0 Å². The molecule has 10 heteroatoms. The van der Waals surface area contributed by atoms with Crippen molar-refractivity contribution in [3.05, 3.63) is 99.5 Å². The molecule has 0 unspecified atom stereocenters. The zero-order chi connectivity index (χ0) is 28.7. The molecule has 0 aliphatic heterocycles. The molecule has 3 rings (SSSR count). The number of anilines is 1. The molecule has 0 saturated carbocycles. The maximum Gasteiger partial charge on any atom is 0.304 e. The van der Waals surface area contributed by atoms with E-state index in [2.05, 4.69) is 21.2 Å². The van der Waals surface area contributed by atoms with E-state index in [-0.39, 0.29) is 18.9 Å². The van der Waals surface area contributed by atoms with E-state index >= 15 is 0 Å². The van der Waals surface area contributed by atoms with Crippen LogP contribution in [0.1, 0.15) is 22.3 Å². The Bertz CT molecular complexity index is 1400. The van der Waals surface area contributed by atoms with Crippen molar-refractivity contribution in [3.63, 3.8) is 0 Å². The molecule has 0 heterocycles. The molecule has 1 atom stereocenters. The third kappa shape index (κ3) is 7.68. The molecule has 0 spiro atoms. The van der Waals surface area contributed by atoms with Gasteiger partial charge in [-0.2, -0.15) is 12.7 Å². The topological polar surface area (TPSA) is 90.0 Å². The van der Waals surface area contributed by atoms with Crippen molar-refractivity contribution in [2.45, 2.75) is 32.9 Å². The Kier molecular flexibility index (Phi) is 10.3. The van der Waals surface area contributed by atoms with Gasteiger partial charge >= 0.3 is 10.2 Å². The molecule has 0 aliphatic rings. The minimum Gasteiger partial charge on any atom is -0.357 e. The van der Waals surface area contributed by atoms with E-state index in [0.29, 0.717) is 11.3 Å². The van der Waals surface area contributed by atoms with E-state index in [9.17, 15) is 18.0 Å². The molecule has 3 aromatic carbocycles. The Labute approximate surface area is 239 Å². The van der Waals surface area contributed by atoms with Crippen LogP contribution in [0, 0.1) is 13.8 Å². The number of nitrogens with zero attached hydrogens (tertiary/aromatic N) is 3. The zero-order valence-electron chi connectivity index (χ0n) is 22.9. The van der Waals surface area contributed by atoms with Crippen molar-refractivity contribution in [2.24, 2.45) is 0 Å². The highest BCUT2D eigenvalue weighted by atomic mass is 79.9. The first-order valence-electron chi connectivity index (χ1n) is 12.5. The second kappa shape index (κ2) is 13.2. The van der Waals surface area contributed by atoms with Gasteiger partial charge in [-0.05, 0) is 54.3 Å². The number of amides is 2. The summed E-state index contributed by atoms with van der Waals surface area (Å²) in [7, 11) is 0.355. The summed E-state index contributed by atoms with van der Waals surface area (Å²) >= 11 is 3.43. The van der Waals surface area contributed by atoms with Crippen LogP contribution in [-0.2, 0) is 32.8 Å². The van der Waals surface area contributed by atoms with Crippen LogP contribution >= 0.6 is 15.9 Å². The van der Waals surface area contributed by atoms with Gasteiger partial charge in [0.2, 0.25) is 11.8 Å². The van der Waals surface area contributed by atoms with Crippen LogP contribution in [0.15, 0.2) is 77.3 Å². The highest BCUT2D eigenvalue weighted by Crippen LogP contribution is 2.26. The fraction of sp³-hybridized carbons (Fsp3) is 0.310. The molecule has 3 aromatic rings. The third-order valence-electron chi connectivity index (χ3n) is 6.44. The molecular formula is C29H35BrN4O4S. The summed E-state index contributed by atoms with van der Waals surface area (Å²) in [5, 5.41) is 2.69. The molecule has 1 N–H and O–H groups in total. The Morgan fingerprint density at radius 3 is 2.15 bits per heavy atom. The van der Waals surface area contributed by atoms with Gasteiger partial charge in [0.25, 0.3) is 0 Å². The number of nitrogens with one attached hydrogen (secondary N) is 1. The monoisotopic (exact) mass is 614 g/mol. The predicted molar refractivity (Wildman–Crippen MR) is 159 cm³/mol. The van der Waals surface area contributed by atoms with Gasteiger partial charge in [-0.15, -0.1) is 0 Å². The molecule has 0 aliphatic carbocycles. The molecular weight excluding hydrogens is 580 g/mol. The number of carbonyl (C=O) groups excluding carboxylic acids is 2. The number of carbonyl (C=O) groups is 2. The summed E-state index contributed by atoms with van der Waals surface area (Å²) in [6.07, 6.45) is 0.271. The number of benzene rings is 3. The minimum absolute atomic E-state index is 0.125. The lowest BCUT2D eigenvalue weighted by Gasteiger charge is -2.34. The number of hydrogen-bond donors (Lipinski definition) is 1. The Balaban J connectivity index is 2.09. The van der Waals surface area contributed by atoms with Gasteiger partial charge in [-0.3, -0.25) is 9.59 Å². The van der Waals surface area contributed by atoms with Crippen LogP contribution in [0.4, 0.5) is 5.69 Å². The molecule has 0 bridgehead atoms. The fourth-order valence-electron chi connectivity index (χ4n) is 4.20. The average Bonchev–Trinajstić information content (AvgIpc) is 2.91. The molecule has 39 heavy (non-hydrogen) atoms. The normalized spacial score (nSPS) is 12.2. The maximum absolute atomic E-state index is 14.1. The number of halogens is 1. The Morgan fingerprint density at radius 2 is 1.56 bits per heavy atom. The van der Waals surface area contributed by atoms with Gasteiger partial charge in [0.05, 0.1) is 5.69 Å². The highest BCUT2D eigenvalue weighted by molar-refractivity contribution is 9.10. The molecule has 0 saturated heterocycles. The quantitative estimate of drug-likeness (QED) is 0.353. The zero-order valence-corrected chi connectivity index (χ0v) is 25.3. The standard InChI is InChI=1S/C29H35BrN4O4S/c1-21-11-12-22(2)26(17-21)34(39(37,38)32(4)5)20-28(35)33(19-24-13-15-25(30)16-14-24)27(29(36)31-3)18-23-9-7-6-8-10-23/h6-17,27H,18-20H2,1-5H3,(H,31,36)/t27-/m0/s1. The Hall–Kier alpha value is -3.21. The number of likely N-dealkylation sites (N-methyl/N-ethyl adjacent to an activating group) is 1. The van der Waals surface area contributed by atoms with E-state index in [1.54, 1.807) is 13.0 Å². The largest absolute Gasteiger partial charge is 0.357 e. The van der Waals surface area contributed by atoms with Crippen molar-refractivity contribution >= 4 is 43.6 Å². The Morgan fingerprint density at radius 1 is 0.923 bits per heavy atom. The first kappa shape index (κ1) is 30.3. The first-order valence-corrected chi connectivity index (χ1v) is 14.7. The van der Waals surface area contributed by atoms with Gasteiger partial charge in [-0.1, -0.05) is 70.5 Å². The second-order valence-corrected chi connectivity index (χ2v) is 12.5. The summed E-state index contributed by atoms with van der Waals surface area (Å²) < 4.78 is 30.1. The second-order valence-electron chi connectivity index (χ2n) is 9.55. The lowest BCUT2D eigenvalue weighted by Crippen LogP contribution is -2.54. The van der Waals surface area contributed by atoms with Crippen molar-refractivity contribution in [2.75, 3.05) is 32.0 Å². The van der Waals surface area contributed by atoms with Crippen LogP contribution in [0.3, 0.4) is 0 Å². The number of aryl methyl sites for hydroxylation is 2. The predicted octanol–water partition coefficient (Wildman–Crippen LogP) is 4.06.